The Hall–Kier alpha value is -2.40. The SMILES string of the molecule is Cc1cc(C)c(NC(=O)NCCc2c3c(cc4c2OCC4)OCC3)c(Cl)c1. The molecule has 0 radical (unpaired) electrons. The van der Waals surface area contributed by atoms with E-state index >= 15 is 0 Å². The Bertz CT molecular complexity index is 856. The number of rotatable bonds is 4. The van der Waals surface area contributed by atoms with Gasteiger partial charge in [-0.3, -0.25) is 0 Å². The van der Waals surface area contributed by atoms with E-state index in [1.165, 1.54) is 16.7 Å². The van der Waals surface area contributed by atoms with Crippen LogP contribution in [0.5, 0.6) is 11.5 Å². The van der Waals surface area contributed by atoms with Crippen LogP contribution in [0.1, 0.15) is 27.8 Å². The highest BCUT2D eigenvalue weighted by Gasteiger charge is 2.26. The van der Waals surface area contributed by atoms with Crippen LogP contribution in [0.25, 0.3) is 0 Å². The summed E-state index contributed by atoms with van der Waals surface area (Å²) in [5, 5.41) is 6.33. The second-order valence-corrected chi connectivity index (χ2v) is 7.49. The van der Waals surface area contributed by atoms with Crippen LogP contribution in [0.2, 0.25) is 5.02 Å². The Morgan fingerprint density at radius 2 is 1.96 bits per heavy atom. The van der Waals surface area contributed by atoms with Crippen molar-refractivity contribution in [2.75, 3.05) is 25.1 Å². The number of ether oxygens (including phenoxy) is 2. The number of carbonyl (C=O) groups excluding carboxylic acids is 1. The molecule has 0 atom stereocenters. The van der Waals surface area contributed by atoms with Gasteiger partial charge in [-0.1, -0.05) is 17.7 Å². The summed E-state index contributed by atoms with van der Waals surface area (Å²) in [6.45, 7) is 5.85. The Morgan fingerprint density at radius 3 is 2.78 bits per heavy atom. The van der Waals surface area contributed by atoms with E-state index in [2.05, 4.69) is 16.7 Å². The Labute approximate surface area is 164 Å². The highest BCUT2D eigenvalue weighted by atomic mass is 35.5. The lowest BCUT2D eigenvalue weighted by atomic mass is 9.97. The normalized spacial score (nSPS) is 14.2. The van der Waals surface area contributed by atoms with Gasteiger partial charge < -0.3 is 20.1 Å². The molecule has 0 fully saturated rings. The standard InChI is InChI=1S/C21H23ClN2O3/c1-12-9-13(2)19(17(22)10-12)24-21(25)23-6-3-16-15-5-8-26-18(15)11-14-4-7-27-20(14)16/h9-11H,3-8H2,1-2H3,(H2,23,24,25). The molecule has 27 heavy (non-hydrogen) atoms. The number of benzene rings is 2. The molecule has 4 rings (SSSR count). The molecule has 2 amide bonds. The van der Waals surface area contributed by atoms with Gasteiger partial charge in [0.1, 0.15) is 11.5 Å². The van der Waals surface area contributed by atoms with E-state index in [0.29, 0.717) is 36.9 Å². The quantitative estimate of drug-likeness (QED) is 0.828. The van der Waals surface area contributed by atoms with Crippen LogP contribution in [0.3, 0.4) is 0 Å². The molecule has 0 bridgehead atoms. The van der Waals surface area contributed by atoms with Crippen LogP contribution in [0.4, 0.5) is 10.5 Å². The number of halogens is 1. The summed E-state index contributed by atoms with van der Waals surface area (Å²) in [6, 6.07) is 5.69. The molecular formula is C21H23ClN2O3. The van der Waals surface area contributed by atoms with Gasteiger partial charge in [0.05, 0.1) is 23.9 Å². The Balaban J connectivity index is 1.42. The zero-order valence-corrected chi connectivity index (χ0v) is 16.3. The lowest BCUT2D eigenvalue weighted by molar-refractivity contribution is 0.252. The van der Waals surface area contributed by atoms with Crippen LogP contribution in [-0.2, 0) is 19.3 Å². The third kappa shape index (κ3) is 3.56. The van der Waals surface area contributed by atoms with Crippen molar-refractivity contribution < 1.29 is 14.3 Å². The minimum atomic E-state index is -0.259. The van der Waals surface area contributed by atoms with Gasteiger partial charge in [-0.15, -0.1) is 0 Å². The number of carbonyl (C=O) groups is 1. The second kappa shape index (κ2) is 7.31. The van der Waals surface area contributed by atoms with E-state index in [9.17, 15) is 4.79 Å². The van der Waals surface area contributed by atoms with Crippen molar-refractivity contribution in [3.8, 4) is 11.5 Å². The lowest BCUT2D eigenvalue weighted by Crippen LogP contribution is -2.31. The van der Waals surface area contributed by atoms with Crippen LogP contribution in [-0.4, -0.2) is 25.8 Å². The fraction of sp³-hybridized carbons (Fsp3) is 0.381. The number of hydrogen-bond acceptors (Lipinski definition) is 3. The fourth-order valence-electron chi connectivity index (χ4n) is 3.88. The van der Waals surface area contributed by atoms with E-state index in [1.807, 2.05) is 26.0 Å². The first-order valence-electron chi connectivity index (χ1n) is 9.27. The summed E-state index contributed by atoms with van der Waals surface area (Å²) < 4.78 is 11.6. The van der Waals surface area contributed by atoms with Crippen LogP contribution in [0, 0.1) is 13.8 Å². The molecule has 5 nitrogen and oxygen atoms in total. The third-order valence-electron chi connectivity index (χ3n) is 5.09. The van der Waals surface area contributed by atoms with E-state index in [4.69, 9.17) is 21.1 Å². The lowest BCUT2D eigenvalue weighted by Gasteiger charge is -2.15. The number of amides is 2. The zero-order chi connectivity index (χ0) is 19.0. The maximum Gasteiger partial charge on any atom is 0.319 e. The van der Waals surface area contributed by atoms with Gasteiger partial charge in [0.2, 0.25) is 0 Å². The first-order valence-corrected chi connectivity index (χ1v) is 9.65. The molecular weight excluding hydrogens is 364 g/mol. The maximum atomic E-state index is 12.3. The van der Waals surface area contributed by atoms with Gasteiger partial charge in [-0.05, 0) is 43.5 Å². The molecule has 0 saturated heterocycles. The largest absolute Gasteiger partial charge is 0.493 e. The molecule has 2 aliphatic heterocycles. The molecule has 2 N–H and O–H groups in total. The average Bonchev–Trinajstić information content (AvgIpc) is 3.26. The van der Waals surface area contributed by atoms with Crippen LogP contribution < -0.4 is 20.1 Å². The van der Waals surface area contributed by atoms with E-state index < -0.39 is 0 Å². The third-order valence-corrected chi connectivity index (χ3v) is 5.39. The van der Waals surface area contributed by atoms with Crippen LogP contribution in [0.15, 0.2) is 18.2 Å². The van der Waals surface area contributed by atoms with Gasteiger partial charge in [0, 0.05) is 36.1 Å². The van der Waals surface area contributed by atoms with Crippen molar-refractivity contribution >= 4 is 23.3 Å². The topological polar surface area (TPSA) is 59.6 Å². The molecule has 2 aliphatic rings. The van der Waals surface area contributed by atoms with Gasteiger partial charge in [-0.2, -0.15) is 0 Å². The van der Waals surface area contributed by atoms with E-state index in [-0.39, 0.29) is 6.03 Å². The molecule has 142 valence electrons. The molecule has 0 aromatic heterocycles. The van der Waals surface area contributed by atoms with Gasteiger partial charge in [-0.25, -0.2) is 4.79 Å². The molecule has 0 aliphatic carbocycles. The zero-order valence-electron chi connectivity index (χ0n) is 15.6. The number of nitrogens with one attached hydrogen (secondary N) is 2. The molecule has 0 saturated carbocycles. The first-order chi connectivity index (χ1) is 13.0. The van der Waals surface area contributed by atoms with E-state index in [1.54, 1.807) is 0 Å². The van der Waals surface area contributed by atoms with Crippen molar-refractivity contribution in [2.24, 2.45) is 0 Å². The molecule has 0 spiro atoms. The molecule has 6 heteroatoms. The predicted octanol–water partition coefficient (Wildman–Crippen LogP) is 4.19. The molecule has 2 heterocycles. The number of fused-ring (bicyclic) bond motifs is 2. The predicted molar refractivity (Wildman–Crippen MR) is 106 cm³/mol. The molecule has 2 aromatic carbocycles. The minimum absolute atomic E-state index is 0.259. The summed E-state index contributed by atoms with van der Waals surface area (Å²) in [6.07, 6.45) is 2.52. The number of hydrogen-bond donors (Lipinski definition) is 2. The summed E-state index contributed by atoms with van der Waals surface area (Å²) in [7, 11) is 0. The number of urea groups is 1. The highest BCUT2D eigenvalue weighted by molar-refractivity contribution is 6.34. The Morgan fingerprint density at radius 1 is 1.15 bits per heavy atom. The highest BCUT2D eigenvalue weighted by Crippen LogP contribution is 2.40. The minimum Gasteiger partial charge on any atom is -0.493 e. The summed E-state index contributed by atoms with van der Waals surface area (Å²) in [5.74, 6) is 1.96. The molecule has 2 aromatic rings. The monoisotopic (exact) mass is 386 g/mol. The number of anilines is 1. The van der Waals surface area contributed by atoms with Crippen molar-refractivity contribution in [3.05, 3.63) is 51.0 Å². The van der Waals surface area contributed by atoms with Gasteiger partial charge in [0.15, 0.2) is 0 Å². The summed E-state index contributed by atoms with van der Waals surface area (Å²) >= 11 is 6.26. The van der Waals surface area contributed by atoms with Crippen molar-refractivity contribution in [1.29, 1.82) is 0 Å². The summed E-state index contributed by atoms with van der Waals surface area (Å²) in [5.41, 5.74) is 6.25. The van der Waals surface area contributed by atoms with Crippen LogP contribution >= 0.6 is 11.6 Å². The first kappa shape index (κ1) is 18.0. The molecule has 0 unspecified atom stereocenters. The van der Waals surface area contributed by atoms with Gasteiger partial charge in [0.25, 0.3) is 0 Å². The average molecular weight is 387 g/mol. The fourth-order valence-corrected chi connectivity index (χ4v) is 4.25. The van der Waals surface area contributed by atoms with Crippen molar-refractivity contribution in [3.63, 3.8) is 0 Å². The smallest absolute Gasteiger partial charge is 0.319 e. The van der Waals surface area contributed by atoms with Gasteiger partial charge >= 0.3 is 6.03 Å². The van der Waals surface area contributed by atoms with E-state index in [0.717, 1.165) is 35.5 Å². The maximum absolute atomic E-state index is 12.3. The Kier molecular flexibility index (Phi) is 4.87. The van der Waals surface area contributed by atoms with Crippen molar-refractivity contribution in [1.82, 2.24) is 5.32 Å². The van der Waals surface area contributed by atoms with Crippen molar-refractivity contribution in [2.45, 2.75) is 33.1 Å². The summed E-state index contributed by atoms with van der Waals surface area (Å²) in [4.78, 5) is 12.3. The second-order valence-electron chi connectivity index (χ2n) is 7.09. The number of aryl methyl sites for hydroxylation is 2.